The van der Waals surface area contributed by atoms with Crippen LogP contribution in [0.3, 0.4) is 0 Å². The van der Waals surface area contributed by atoms with Gasteiger partial charge >= 0.3 is 0 Å². The maximum atomic E-state index is 14.5. The second kappa shape index (κ2) is 32.8. The van der Waals surface area contributed by atoms with Crippen molar-refractivity contribution in [3.63, 3.8) is 0 Å². The zero-order valence-corrected chi connectivity index (χ0v) is 65.7. The minimum absolute atomic E-state index is 0.0579. The summed E-state index contributed by atoms with van der Waals surface area (Å²) in [5, 5.41) is 14.0. The van der Waals surface area contributed by atoms with E-state index in [1.165, 1.54) is 33.6 Å². The number of likely N-dealkylation sites (N-methyl/N-ethyl adjacent to an activating group) is 1. The van der Waals surface area contributed by atoms with E-state index in [9.17, 15) is 23.6 Å². The van der Waals surface area contributed by atoms with E-state index in [0.717, 1.165) is 176 Å². The van der Waals surface area contributed by atoms with Crippen LogP contribution in [0.15, 0.2) is 214 Å². The number of benzene rings is 2. The van der Waals surface area contributed by atoms with Crippen molar-refractivity contribution in [1.29, 1.82) is 0 Å². The number of pyridine rings is 6. The monoisotopic (exact) mass is 1520 g/mol. The van der Waals surface area contributed by atoms with Crippen LogP contribution in [0.25, 0.3) is 106 Å². The predicted octanol–water partition coefficient (Wildman–Crippen LogP) is 12.7. The average molecular weight is 1530 g/mol. The highest BCUT2D eigenvalue weighted by molar-refractivity contribution is 5.85. The molecule has 114 heavy (non-hydrogen) atoms. The molecular weight excluding hydrogens is 1430 g/mol. The fraction of sp³-hybridized carbons (Fsp3) is 0.303. The fourth-order valence-corrected chi connectivity index (χ4v) is 15.9. The van der Waals surface area contributed by atoms with E-state index in [4.69, 9.17) is 15.0 Å². The zero-order chi connectivity index (χ0) is 78.8. The lowest BCUT2D eigenvalue weighted by Gasteiger charge is -2.28. The van der Waals surface area contributed by atoms with Gasteiger partial charge in [-0.05, 0) is 217 Å². The van der Waals surface area contributed by atoms with Crippen LogP contribution in [0.2, 0.25) is 0 Å². The van der Waals surface area contributed by atoms with Crippen molar-refractivity contribution in [3.05, 3.63) is 271 Å². The molecule has 0 spiro atoms. The Kier molecular flexibility index (Phi) is 21.8. The standard InChI is InChI=1S/C24H25N5O.C23H23N5O.C22H22FN5O.C20H23N5O/c1-3-10-28-11-8-17(9-12-28)19-5-7-23-26-21(14-24(30)29(23)16-19)18-4-6-22-20(13-18)15-25-27(22)2;1-3-27-10-8-16(9-11-27)18-5-7-22-25-20(13-23(29)28(22)15-18)17-4-6-21-19(12-17)14-24-26(21)2;1-14-11-27-12-17(9-18(23)22(27)24-14)16-3-4-20-25-19(10-21(29)28(20)13-16)15-5-7-26(2)8-6-15;1-24(2)18-5-3-15(12-22-18)17-11-20(26)25-13-16(4-6-19(25)23-17)14-7-9-21-10-8-14/h4-8,13-16H,3,9-12H2,1-2H3;4-8,12-15H,3,9-11H2,1-2H3;3-4,9-13,15H,5-8H2,1-2H3;3-6,11-14,21H,7-10H2,1-2H3. The van der Waals surface area contributed by atoms with E-state index in [-0.39, 0.29) is 22.2 Å². The summed E-state index contributed by atoms with van der Waals surface area (Å²) in [5.74, 6) is 1.32. The summed E-state index contributed by atoms with van der Waals surface area (Å²) in [7, 11) is 9.85. The largest absolute Gasteiger partial charge is 0.363 e. The Morgan fingerprint density at radius 2 is 0.991 bits per heavy atom. The summed E-state index contributed by atoms with van der Waals surface area (Å²) >= 11 is 0. The Bertz CT molecular complexity index is 6450. The van der Waals surface area contributed by atoms with Crippen LogP contribution >= 0.6 is 0 Å². The van der Waals surface area contributed by atoms with Crippen LogP contribution in [0, 0.1) is 12.7 Å². The highest BCUT2D eigenvalue weighted by atomic mass is 19.1. The molecule has 0 amide bonds. The molecule has 0 aliphatic carbocycles. The minimum atomic E-state index is -0.390. The summed E-state index contributed by atoms with van der Waals surface area (Å²) in [6.07, 6.45) is 28.6. The number of nitrogens with zero attached hydrogens (tertiary/aromatic N) is 19. The summed E-state index contributed by atoms with van der Waals surface area (Å²) in [6.45, 7) is 16.6. The molecule has 2 aromatic carbocycles. The predicted molar refractivity (Wildman–Crippen MR) is 450 cm³/mol. The zero-order valence-electron chi connectivity index (χ0n) is 65.7. The maximum absolute atomic E-state index is 14.5. The molecule has 19 rings (SSSR count). The van der Waals surface area contributed by atoms with E-state index in [1.807, 2.05) is 165 Å². The summed E-state index contributed by atoms with van der Waals surface area (Å²) in [5.41, 5.74) is 18.5. The summed E-state index contributed by atoms with van der Waals surface area (Å²) < 4.78 is 26.3. The van der Waals surface area contributed by atoms with Gasteiger partial charge in [-0.15, -0.1) is 0 Å². The van der Waals surface area contributed by atoms with Gasteiger partial charge in [-0.3, -0.25) is 55.9 Å². The van der Waals surface area contributed by atoms with Crippen LogP contribution in [0.4, 0.5) is 10.2 Å². The van der Waals surface area contributed by atoms with Gasteiger partial charge in [-0.1, -0.05) is 44.2 Å². The topological polar surface area (TPSA) is 228 Å². The Hall–Kier alpha value is -12.3. The molecule has 2 fully saturated rings. The number of halogens is 1. The highest BCUT2D eigenvalue weighted by Crippen LogP contribution is 2.32. The van der Waals surface area contributed by atoms with Gasteiger partial charge in [0.05, 0.1) is 51.9 Å². The van der Waals surface area contributed by atoms with Crippen molar-refractivity contribution < 1.29 is 4.39 Å². The quantitative estimate of drug-likeness (QED) is 0.120. The first kappa shape index (κ1) is 75.7. The normalized spacial score (nSPS) is 15.4. The Morgan fingerprint density at radius 1 is 0.482 bits per heavy atom. The molecule has 0 saturated carbocycles. The number of aryl methyl sites for hydroxylation is 3. The van der Waals surface area contributed by atoms with Gasteiger partial charge in [0.1, 0.15) is 28.4 Å². The molecule has 0 radical (unpaired) electrons. The number of imidazole rings is 1. The Labute approximate surface area is 658 Å². The number of anilines is 1. The maximum Gasteiger partial charge on any atom is 0.258 e. The summed E-state index contributed by atoms with van der Waals surface area (Å²) in [4.78, 5) is 87.8. The van der Waals surface area contributed by atoms with E-state index in [2.05, 4.69) is 96.4 Å². The average Bonchev–Trinajstić information content (AvgIpc) is 1.09. The highest BCUT2D eigenvalue weighted by Gasteiger charge is 2.23. The van der Waals surface area contributed by atoms with Crippen molar-refractivity contribution in [2.75, 3.05) is 91.5 Å². The van der Waals surface area contributed by atoms with E-state index in [0.29, 0.717) is 62.7 Å². The van der Waals surface area contributed by atoms with E-state index < -0.39 is 5.82 Å². The first-order valence-electron chi connectivity index (χ1n) is 39.3. The minimum Gasteiger partial charge on any atom is -0.363 e. The molecule has 4 aliphatic heterocycles. The molecule has 1 N–H and O–H groups in total. The third-order valence-corrected chi connectivity index (χ3v) is 22.5. The van der Waals surface area contributed by atoms with Gasteiger partial charge < -0.3 is 19.5 Å². The SMILES string of the molecule is CCCN1CC=C(c2ccc3nc(-c4ccc5c(cnn5C)c4)cc(=O)n3c2)CC1.CCN1CC=C(c2ccc3nc(-c4ccc5c(cnn5C)c4)cc(=O)n3c2)CC1.CN(C)c1ccc(-c2cc(=O)n3cc(C4CCNCC4)ccc3n2)cn1.Cc1cn2cc(-c3ccc4nc(C5CCN(C)CC5)cc(=O)n4c3)cc(F)c2n1. The van der Waals surface area contributed by atoms with E-state index in [1.54, 1.807) is 60.5 Å². The molecule has 0 bridgehead atoms. The van der Waals surface area contributed by atoms with Gasteiger partial charge in [-0.25, -0.2) is 34.3 Å². The first-order chi connectivity index (χ1) is 55.3. The van der Waals surface area contributed by atoms with Crippen LogP contribution in [-0.4, -0.2) is 173 Å². The van der Waals surface area contributed by atoms with Crippen molar-refractivity contribution in [2.24, 2.45) is 14.1 Å². The molecule has 4 aliphatic rings. The summed E-state index contributed by atoms with van der Waals surface area (Å²) in [6, 6.07) is 39.7. The van der Waals surface area contributed by atoms with Crippen molar-refractivity contribution in [1.82, 2.24) is 91.5 Å². The molecule has 580 valence electrons. The van der Waals surface area contributed by atoms with Crippen molar-refractivity contribution in [3.8, 4) is 44.9 Å². The van der Waals surface area contributed by atoms with Crippen molar-refractivity contribution in [2.45, 2.75) is 77.6 Å². The molecule has 24 nitrogen and oxygen atoms in total. The number of hydrogen-bond acceptors (Lipinski definition) is 17. The lowest BCUT2D eigenvalue weighted by molar-refractivity contribution is 0.253. The van der Waals surface area contributed by atoms with E-state index >= 15 is 0 Å². The molecule has 15 aromatic rings. The van der Waals surface area contributed by atoms with Gasteiger partial charge in [0, 0.05) is 167 Å². The van der Waals surface area contributed by atoms with Crippen molar-refractivity contribution >= 4 is 67.0 Å². The molecule has 0 unspecified atom stereocenters. The molecular formula is C89H93FN20O4. The molecule has 0 atom stereocenters. The molecule has 2 saturated heterocycles. The third kappa shape index (κ3) is 16.2. The second-order valence-corrected chi connectivity index (χ2v) is 30.4. The van der Waals surface area contributed by atoms with Crippen LogP contribution in [0.1, 0.15) is 98.7 Å². The lowest BCUT2D eigenvalue weighted by atomic mass is 9.91. The van der Waals surface area contributed by atoms with Gasteiger partial charge in [-0.2, -0.15) is 10.2 Å². The van der Waals surface area contributed by atoms with Gasteiger partial charge in [0.25, 0.3) is 22.2 Å². The fourth-order valence-electron chi connectivity index (χ4n) is 15.9. The van der Waals surface area contributed by atoms with Crippen LogP contribution < -0.4 is 32.5 Å². The number of rotatable bonds is 12. The van der Waals surface area contributed by atoms with Gasteiger partial charge in [0.15, 0.2) is 11.5 Å². The Morgan fingerprint density at radius 3 is 1.53 bits per heavy atom. The second-order valence-electron chi connectivity index (χ2n) is 30.4. The number of hydrogen-bond donors (Lipinski definition) is 1. The third-order valence-electron chi connectivity index (χ3n) is 22.5. The number of aromatic nitrogens is 15. The van der Waals surface area contributed by atoms with Crippen LogP contribution in [0.5, 0.6) is 0 Å². The number of piperidine rings is 2. The molecule has 25 heteroatoms. The molecule has 17 heterocycles. The van der Waals surface area contributed by atoms with Gasteiger partial charge in [0.2, 0.25) is 0 Å². The number of likely N-dealkylation sites (tertiary alicyclic amines) is 1. The number of fused-ring (bicyclic) bond motifs is 7. The lowest BCUT2D eigenvalue weighted by Crippen LogP contribution is -2.30. The first-order valence-corrected chi connectivity index (χ1v) is 39.3. The Balaban J connectivity index is 0.000000115. The van der Waals surface area contributed by atoms with Crippen LogP contribution in [-0.2, 0) is 14.1 Å². The smallest absolute Gasteiger partial charge is 0.258 e. The number of nitrogens with one attached hydrogen (secondary N) is 1. The molecule has 13 aromatic heterocycles.